The van der Waals surface area contributed by atoms with E-state index in [1.165, 1.54) is 97.1 Å². The van der Waals surface area contributed by atoms with Crippen molar-refractivity contribution in [1.82, 2.24) is 14.7 Å². The van der Waals surface area contributed by atoms with Crippen LogP contribution in [0.15, 0.2) is 0 Å². The van der Waals surface area contributed by atoms with E-state index in [9.17, 15) is 0 Å². The third-order valence-electron chi connectivity index (χ3n) is 5.46. The van der Waals surface area contributed by atoms with Crippen LogP contribution in [0.1, 0.15) is 93.4 Å². The first kappa shape index (κ1) is 28.1. The molecule has 3 fully saturated rings. The summed E-state index contributed by atoms with van der Waals surface area (Å²) in [6.45, 7) is 14.8. The Hall–Kier alpha value is -0.120. The van der Waals surface area contributed by atoms with Gasteiger partial charge in [-0.2, -0.15) is 0 Å². The van der Waals surface area contributed by atoms with Crippen molar-refractivity contribution >= 4 is 0 Å². The van der Waals surface area contributed by atoms with Gasteiger partial charge in [-0.1, -0.05) is 34.1 Å². The molecule has 0 atom stereocenters. The van der Waals surface area contributed by atoms with Crippen LogP contribution in [-0.4, -0.2) is 73.6 Å². The highest BCUT2D eigenvalue weighted by Gasteiger charge is 2.23. The lowest BCUT2D eigenvalue weighted by atomic mass is 10.1. The molecular weight excluding hydrogens is 318 g/mol. The summed E-state index contributed by atoms with van der Waals surface area (Å²) in [5.74, 6) is 0. The average molecular weight is 372 g/mol. The minimum Gasteiger partial charge on any atom is -0.306 e. The molecule has 160 valence electrons. The summed E-state index contributed by atoms with van der Waals surface area (Å²) < 4.78 is 0. The molecule has 0 aromatic carbocycles. The molecule has 0 aromatic rings. The van der Waals surface area contributed by atoms with Gasteiger partial charge in [0.2, 0.25) is 0 Å². The molecule has 0 aromatic heterocycles. The lowest BCUT2D eigenvalue weighted by Crippen LogP contribution is -2.38. The van der Waals surface area contributed by atoms with Crippen LogP contribution in [0.4, 0.5) is 0 Å². The predicted octanol–water partition coefficient (Wildman–Crippen LogP) is 5.75. The second-order valence-corrected chi connectivity index (χ2v) is 8.95. The van der Waals surface area contributed by atoms with Gasteiger partial charge in [-0.3, -0.25) is 4.90 Å². The maximum Gasteiger partial charge on any atom is 0.0125 e. The molecule has 0 amide bonds. The molecule has 0 radical (unpaired) electrons. The van der Waals surface area contributed by atoms with Crippen LogP contribution >= 0.6 is 0 Å². The zero-order chi connectivity index (χ0) is 17.8. The SMILES string of the molecule is C.C.CC(C)(C)N1CCCC1.CN1CCCCC1.CN1CCCCCC1. The van der Waals surface area contributed by atoms with Crippen molar-refractivity contribution in [3.8, 4) is 0 Å². The fourth-order valence-electron chi connectivity index (χ4n) is 3.67. The van der Waals surface area contributed by atoms with E-state index in [0.717, 1.165) is 0 Å². The molecule has 3 rings (SSSR count). The smallest absolute Gasteiger partial charge is 0.0125 e. The second kappa shape index (κ2) is 15.9. The maximum absolute atomic E-state index is 2.55. The first-order chi connectivity index (χ1) is 11.4. The zero-order valence-electron chi connectivity index (χ0n) is 17.4. The highest BCUT2D eigenvalue weighted by Crippen LogP contribution is 2.19. The van der Waals surface area contributed by atoms with Crippen molar-refractivity contribution in [1.29, 1.82) is 0 Å². The largest absolute Gasteiger partial charge is 0.306 e. The molecule has 26 heavy (non-hydrogen) atoms. The normalized spacial score (nSPS) is 22.5. The number of hydrogen-bond acceptors (Lipinski definition) is 3. The lowest BCUT2D eigenvalue weighted by Gasteiger charge is -2.31. The second-order valence-electron chi connectivity index (χ2n) is 8.95. The van der Waals surface area contributed by atoms with E-state index in [1.54, 1.807) is 0 Å². The van der Waals surface area contributed by atoms with Crippen molar-refractivity contribution in [2.24, 2.45) is 0 Å². The van der Waals surface area contributed by atoms with E-state index in [0.29, 0.717) is 5.54 Å². The Labute approximate surface area is 167 Å². The summed E-state index contributed by atoms with van der Waals surface area (Å²) in [6, 6.07) is 0. The van der Waals surface area contributed by atoms with Gasteiger partial charge in [0.15, 0.2) is 0 Å². The van der Waals surface area contributed by atoms with Gasteiger partial charge in [0.25, 0.3) is 0 Å². The Kier molecular flexibility index (Phi) is 17.2. The van der Waals surface area contributed by atoms with E-state index < -0.39 is 0 Å². The Morgan fingerprint density at radius 3 is 1.00 bits per heavy atom. The maximum atomic E-state index is 2.55. The molecule has 0 spiro atoms. The van der Waals surface area contributed by atoms with Crippen LogP contribution in [0.2, 0.25) is 0 Å². The Morgan fingerprint density at radius 2 is 0.731 bits per heavy atom. The van der Waals surface area contributed by atoms with Crippen molar-refractivity contribution in [3.05, 3.63) is 0 Å². The summed E-state index contributed by atoms with van der Waals surface area (Å²) in [5.41, 5.74) is 0.413. The Bertz CT molecular complexity index is 278. The third-order valence-corrected chi connectivity index (χ3v) is 5.46. The van der Waals surface area contributed by atoms with Crippen LogP contribution in [0.3, 0.4) is 0 Å². The van der Waals surface area contributed by atoms with Crippen LogP contribution in [-0.2, 0) is 0 Å². The molecule has 3 heterocycles. The zero-order valence-corrected chi connectivity index (χ0v) is 17.4. The predicted molar refractivity (Wildman–Crippen MR) is 121 cm³/mol. The molecule has 3 nitrogen and oxygen atoms in total. The standard InChI is InChI=1S/C8H17N.C7H15N.C6H13N.2CH4/c1-8(2,3)9-6-4-5-7-9;1-8-6-4-2-3-5-7-8;1-7-5-3-2-4-6-7;;/h4-7H2,1-3H3;2-7H2,1H3;2-6H2,1H3;2*1H4. The van der Waals surface area contributed by atoms with Gasteiger partial charge in [-0.15, -0.1) is 0 Å². The number of nitrogens with zero attached hydrogens (tertiary/aromatic N) is 3. The summed E-state index contributed by atoms with van der Waals surface area (Å²) in [5, 5.41) is 0. The average Bonchev–Trinajstić information content (AvgIpc) is 2.98. The summed E-state index contributed by atoms with van der Waals surface area (Å²) in [7, 11) is 4.41. The fraction of sp³-hybridized carbons (Fsp3) is 1.00. The molecule has 3 aliphatic rings. The summed E-state index contributed by atoms with van der Waals surface area (Å²) in [4.78, 5) is 7.36. The molecule has 3 heteroatoms. The molecule has 0 aliphatic carbocycles. The lowest BCUT2D eigenvalue weighted by molar-refractivity contribution is 0.175. The third kappa shape index (κ3) is 14.0. The monoisotopic (exact) mass is 371 g/mol. The van der Waals surface area contributed by atoms with Gasteiger partial charge in [-0.05, 0) is 113 Å². The van der Waals surface area contributed by atoms with E-state index in [2.05, 4.69) is 49.6 Å². The van der Waals surface area contributed by atoms with Crippen molar-refractivity contribution < 1.29 is 0 Å². The van der Waals surface area contributed by atoms with Crippen LogP contribution < -0.4 is 0 Å². The van der Waals surface area contributed by atoms with E-state index in [4.69, 9.17) is 0 Å². The number of likely N-dealkylation sites (tertiary alicyclic amines) is 3. The minimum atomic E-state index is 0. The molecule has 3 saturated heterocycles. The first-order valence-corrected chi connectivity index (χ1v) is 10.5. The quantitative estimate of drug-likeness (QED) is 0.537. The molecule has 0 bridgehead atoms. The van der Waals surface area contributed by atoms with Gasteiger partial charge in [0.05, 0.1) is 0 Å². The van der Waals surface area contributed by atoms with Gasteiger partial charge >= 0.3 is 0 Å². The first-order valence-electron chi connectivity index (χ1n) is 10.5. The molecule has 0 saturated carbocycles. The Balaban J connectivity index is 0. The summed E-state index contributed by atoms with van der Waals surface area (Å²) in [6.07, 6.45) is 12.8. The van der Waals surface area contributed by atoms with Gasteiger partial charge in [-0.25, -0.2) is 0 Å². The van der Waals surface area contributed by atoms with Gasteiger partial charge in [0.1, 0.15) is 0 Å². The fourth-order valence-corrected chi connectivity index (χ4v) is 3.67. The van der Waals surface area contributed by atoms with Crippen molar-refractivity contribution in [2.45, 2.75) is 99.0 Å². The van der Waals surface area contributed by atoms with E-state index in [-0.39, 0.29) is 14.9 Å². The highest BCUT2D eigenvalue weighted by molar-refractivity contribution is 4.79. The van der Waals surface area contributed by atoms with Gasteiger partial charge < -0.3 is 9.80 Å². The number of hydrogen-bond donors (Lipinski definition) is 0. The highest BCUT2D eigenvalue weighted by atomic mass is 15.2. The van der Waals surface area contributed by atoms with Crippen molar-refractivity contribution in [3.63, 3.8) is 0 Å². The summed E-state index contributed by atoms with van der Waals surface area (Å²) >= 11 is 0. The Morgan fingerprint density at radius 1 is 0.462 bits per heavy atom. The van der Waals surface area contributed by atoms with E-state index in [1.807, 2.05) is 0 Å². The van der Waals surface area contributed by atoms with Crippen LogP contribution in [0, 0.1) is 0 Å². The van der Waals surface area contributed by atoms with E-state index >= 15 is 0 Å². The number of piperidine rings is 1. The van der Waals surface area contributed by atoms with Gasteiger partial charge in [0, 0.05) is 5.54 Å². The van der Waals surface area contributed by atoms with Crippen LogP contribution in [0.25, 0.3) is 0 Å². The molecule has 3 aliphatic heterocycles. The van der Waals surface area contributed by atoms with Crippen LogP contribution in [0.5, 0.6) is 0 Å². The minimum absolute atomic E-state index is 0. The molecular formula is C23H53N3. The molecule has 0 N–H and O–H groups in total. The topological polar surface area (TPSA) is 9.72 Å². The molecule has 0 unspecified atom stereocenters. The number of rotatable bonds is 0. The van der Waals surface area contributed by atoms with Crippen molar-refractivity contribution in [2.75, 3.05) is 53.4 Å².